The maximum atomic E-state index is 11.8. The molecule has 1 amide bonds. The fourth-order valence-electron chi connectivity index (χ4n) is 2.36. The van der Waals surface area contributed by atoms with Gasteiger partial charge in [-0.15, -0.1) is 12.4 Å². The van der Waals surface area contributed by atoms with Crippen LogP contribution < -0.4 is 20.5 Å². The molecule has 1 saturated carbocycles. The van der Waals surface area contributed by atoms with Crippen LogP contribution in [-0.2, 0) is 14.8 Å². The van der Waals surface area contributed by atoms with Crippen molar-refractivity contribution < 1.29 is 17.9 Å². The van der Waals surface area contributed by atoms with Gasteiger partial charge in [-0.25, -0.2) is 13.6 Å². The SMILES string of the molecule is Cl.NS(=O)(=O)c1ccc(Oc2ccc(NC(=O)CNCC3CC3)cc2)cc1. The van der Waals surface area contributed by atoms with Crippen LogP contribution in [-0.4, -0.2) is 27.4 Å². The van der Waals surface area contributed by atoms with E-state index in [1.54, 1.807) is 24.3 Å². The second-order valence-electron chi connectivity index (χ2n) is 6.27. The minimum Gasteiger partial charge on any atom is -0.457 e. The Morgan fingerprint density at radius 3 is 2.11 bits per heavy atom. The number of rotatable bonds is 8. The molecule has 0 aromatic heterocycles. The number of hydrogen-bond donors (Lipinski definition) is 3. The summed E-state index contributed by atoms with van der Waals surface area (Å²) in [5.74, 6) is 1.70. The Kier molecular flexibility index (Phi) is 7.20. The van der Waals surface area contributed by atoms with Gasteiger partial charge in [-0.3, -0.25) is 4.79 Å². The molecule has 0 spiro atoms. The Bertz CT molecular complexity index is 866. The quantitative estimate of drug-likeness (QED) is 0.618. The molecular weight excluding hydrogens is 390 g/mol. The van der Waals surface area contributed by atoms with E-state index in [0.717, 1.165) is 12.5 Å². The molecule has 2 aromatic rings. The van der Waals surface area contributed by atoms with Gasteiger partial charge < -0.3 is 15.4 Å². The molecule has 1 aliphatic carbocycles. The number of anilines is 1. The maximum absolute atomic E-state index is 11.8. The molecule has 0 bridgehead atoms. The van der Waals surface area contributed by atoms with Crippen molar-refractivity contribution in [3.63, 3.8) is 0 Å². The van der Waals surface area contributed by atoms with Crippen LogP contribution in [0.1, 0.15) is 12.8 Å². The largest absolute Gasteiger partial charge is 0.457 e. The van der Waals surface area contributed by atoms with Crippen LogP contribution >= 0.6 is 12.4 Å². The molecule has 9 heteroatoms. The van der Waals surface area contributed by atoms with E-state index >= 15 is 0 Å². The van der Waals surface area contributed by atoms with E-state index in [0.29, 0.717) is 23.7 Å². The first-order valence-corrected chi connectivity index (χ1v) is 9.86. The number of nitrogens with two attached hydrogens (primary N) is 1. The summed E-state index contributed by atoms with van der Waals surface area (Å²) in [6.45, 7) is 1.19. The summed E-state index contributed by atoms with van der Waals surface area (Å²) in [7, 11) is -3.72. The molecule has 0 heterocycles. The van der Waals surface area contributed by atoms with Gasteiger partial charge in [-0.1, -0.05) is 0 Å². The molecule has 0 radical (unpaired) electrons. The summed E-state index contributed by atoms with van der Waals surface area (Å²) < 4.78 is 28.1. The van der Waals surface area contributed by atoms with Gasteiger partial charge in [0.15, 0.2) is 0 Å². The number of primary sulfonamides is 1. The highest BCUT2D eigenvalue weighted by molar-refractivity contribution is 7.89. The summed E-state index contributed by atoms with van der Waals surface area (Å²) in [5.41, 5.74) is 0.681. The zero-order chi connectivity index (χ0) is 18.6. The predicted molar refractivity (Wildman–Crippen MR) is 106 cm³/mol. The molecule has 1 aliphatic rings. The topological polar surface area (TPSA) is 111 Å². The normalized spacial score (nSPS) is 13.5. The zero-order valence-electron chi connectivity index (χ0n) is 14.6. The van der Waals surface area contributed by atoms with Crippen LogP contribution in [0.25, 0.3) is 0 Å². The lowest BCUT2D eigenvalue weighted by Crippen LogP contribution is -2.29. The number of amides is 1. The first-order chi connectivity index (χ1) is 12.4. The fraction of sp³-hybridized carbons (Fsp3) is 0.278. The summed E-state index contributed by atoms with van der Waals surface area (Å²) in [6.07, 6.45) is 2.50. The minimum absolute atomic E-state index is 0. The van der Waals surface area contributed by atoms with Gasteiger partial charge in [0.25, 0.3) is 0 Å². The number of hydrogen-bond acceptors (Lipinski definition) is 5. The lowest BCUT2D eigenvalue weighted by atomic mass is 10.3. The number of ether oxygens (including phenoxy) is 1. The van der Waals surface area contributed by atoms with Crippen molar-refractivity contribution in [1.82, 2.24) is 5.32 Å². The molecular formula is C18H22ClN3O4S. The highest BCUT2D eigenvalue weighted by Crippen LogP contribution is 2.27. The number of carbonyl (C=O) groups excluding carboxylic acids is 1. The minimum atomic E-state index is -3.72. The smallest absolute Gasteiger partial charge is 0.238 e. The molecule has 7 nitrogen and oxygen atoms in total. The van der Waals surface area contributed by atoms with Crippen molar-refractivity contribution in [1.29, 1.82) is 0 Å². The van der Waals surface area contributed by atoms with Crippen LogP contribution in [0.2, 0.25) is 0 Å². The Morgan fingerprint density at radius 1 is 1.04 bits per heavy atom. The van der Waals surface area contributed by atoms with E-state index in [1.165, 1.54) is 37.1 Å². The Labute approximate surface area is 164 Å². The van der Waals surface area contributed by atoms with Crippen molar-refractivity contribution in [2.75, 3.05) is 18.4 Å². The number of benzene rings is 2. The molecule has 2 aromatic carbocycles. The Balaban J connectivity index is 0.00000261. The second kappa shape index (κ2) is 9.18. The monoisotopic (exact) mass is 411 g/mol. The summed E-state index contributed by atoms with van der Waals surface area (Å²) >= 11 is 0. The average Bonchev–Trinajstić information content (AvgIpc) is 3.41. The van der Waals surface area contributed by atoms with Crippen molar-refractivity contribution in [3.05, 3.63) is 48.5 Å². The highest BCUT2D eigenvalue weighted by Gasteiger charge is 2.20. The first-order valence-electron chi connectivity index (χ1n) is 8.31. The molecule has 146 valence electrons. The molecule has 0 unspecified atom stereocenters. The van der Waals surface area contributed by atoms with Gasteiger partial charge in [-0.2, -0.15) is 0 Å². The molecule has 0 aliphatic heterocycles. The average molecular weight is 412 g/mol. The van der Waals surface area contributed by atoms with Gasteiger partial charge in [0.1, 0.15) is 11.5 Å². The van der Waals surface area contributed by atoms with E-state index in [2.05, 4.69) is 10.6 Å². The number of halogens is 1. The Morgan fingerprint density at radius 2 is 1.59 bits per heavy atom. The third-order valence-electron chi connectivity index (χ3n) is 3.94. The molecule has 1 fully saturated rings. The maximum Gasteiger partial charge on any atom is 0.238 e. The van der Waals surface area contributed by atoms with Gasteiger partial charge in [0.2, 0.25) is 15.9 Å². The van der Waals surface area contributed by atoms with E-state index in [4.69, 9.17) is 9.88 Å². The predicted octanol–water partition coefficient (Wildman–Crippen LogP) is 2.49. The summed E-state index contributed by atoms with van der Waals surface area (Å²) in [6, 6.07) is 12.8. The fourth-order valence-corrected chi connectivity index (χ4v) is 2.87. The first kappa shape index (κ1) is 21.2. The Hall–Kier alpha value is -2.13. The standard InChI is InChI=1S/C18H21N3O4S.ClH/c19-26(23,24)17-9-7-16(8-10-17)25-15-5-3-14(4-6-15)21-18(22)12-20-11-13-1-2-13;/h3-10,13,20H,1-2,11-12H2,(H,21,22)(H2,19,23,24);1H. The van der Waals surface area contributed by atoms with Crippen LogP contribution in [0.5, 0.6) is 11.5 Å². The third kappa shape index (κ3) is 6.84. The molecule has 0 saturated heterocycles. The van der Waals surface area contributed by atoms with Crippen molar-refractivity contribution in [3.8, 4) is 11.5 Å². The lowest BCUT2D eigenvalue weighted by Gasteiger charge is -2.09. The second-order valence-corrected chi connectivity index (χ2v) is 7.83. The van der Waals surface area contributed by atoms with Gasteiger partial charge in [0.05, 0.1) is 11.4 Å². The van der Waals surface area contributed by atoms with Gasteiger partial charge in [-0.05, 0) is 73.8 Å². The van der Waals surface area contributed by atoms with Crippen LogP contribution in [0.15, 0.2) is 53.4 Å². The van der Waals surface area contributed by atoms with Crippen LogP contribution in [0, 0.1) is 5.92 Å². The zero-order valence-corrected chi connectivity index (χ0v) is 16.2. The van der Waals surface area contributed by atoms with Gasteiger partial charge in [0, 0.05) is 5.69 Å². The molecule has 4 N–H and O–H groups in total. The van der Waals surface area contributed by atoms with Crippen LogP contribution in [0.4, 0.5) is 5.69 Å². The van der Waals surface area contributed by atoms with Crippen molar-refractivity contribution in [2.24, 2.45) is 11.1 Å². The number of nitrogens with one attached hydrogen (secondary N) is 2. The summed E-state index contributed by atoms with van der Waals surface area (Å²) in [4.78, 5) is 11.9. The molecule has 0 atom stereocenters. The van der Waals surface area contributed by atoms with E-state index in [1.807, 2.05) is 0 Å². The van der Waals surface area contributed by atoms with E-state index in [-0.39, 0.29) is 23.2 Å². The van der Waals surface area contributed by atoms with Crippen molar-refractivity contribution in [2.45, 2.75) is 17.7 Å². The van der Waals surface area contributed by atoms with Gasteiger partial charge >= 0.3 is 0 Å². The third-order valence-corrected chi connectivity index (χ3v) is 4.87. The number of sulfonamides is 1. The summed E-state index contributed by atoms with van der Waals surface area (Å²) in [5, 5.41) is 11.0. The van der Waals surface area contributed by atoms with Crippen LogP contribution in [0.3, 0.4) is 0 Å². The van der Waals surface area contributed by atoms with E-state index in [9.17, 15) is 13.2 Å². The lowest BCUT2D eigenvalue weighted by molar-refractivity contribution is -0.115. The van der Waals surface area contributed by atoms with Crippen molar-refractivity contribution >= 4 is 34.0 Å². The van der Waals surface area contributed by atoms with E-state index < -0.39 is 10.0 Å². The highest BCUT2D eigenvalue weighted by atomic mass is 35.5. The molecule has 3 rings (SSSR count). The number of carbonyl (C=O) groups is 1. The molecule has 27 heavy (non-hydrogen) atoms.